The molecule has 2 N–H and O–H groups in total. The smallest absolute Gasteiger partial charge is 0.380 e. The van der Waals surface area contributed by atoms with Crippen molar-refractivity contribution in [3.05, 3.63) is 59.0 Å². The highest BCUT2D eigenvalue weighted by molar-refractivity contribution is 5.86. The van der Waals surface area contributed by atoms with Gasteiger partial charge in [0.05, 0.1) is 36.8 Å². The summed E-state index contributed by atoms with van der Waals surface area (Å²) in [7, 11) is 0. The summed E-state index contributed by atoms with van der Waals surface area (Å²) in [4.78, 5) is 11.9. The van der Waals surface area contributed by atoms with Gasteiger partial charge < -0.3 is 15.2 Å². The molecule has 0 spiro atoms. The lowest BCUT2D eigenvalue weighted by Crippen LogP contribution is -2.47. The van der Waals surface area contributed by atoms with Crippen LogP contribution in [0.25, 0.3) is 10.9 Å². The van der Waals surface area contributed by atoms with Gasteiger partial charge in [0.15, 0.2) is 0 Å². The van der Waals surface area contributed by atoms with Crippen LogP contribution < -0.4 is 5.32 Å². The summed E-state index contributed by atoms with van der Waals surface area (Å²) in [6, 6.07) is 9.22. The Morgan fingerprint density at radius 2 is 2.03 bits per heavy atom. The number of benzene rings is 1. The third-order valence-corrected chi connectivity index (χ3v) is 7.44. The van der Waals surface area contributed by atoms with Gasteiger partial charge >= 0.3 is 6.18 Å². The topological polar surface area (TPSA) is 47.2 Å². The molecule has 194 valence electrons. The number of H-pyrrole nitrogens is 1. The standard InChI is InChI=1S/C27H33F4N5/c1-17-4-6-21-22-13-18(2)36(16-27(29,30)31)26(25(22)34-24(21)12-17)23-7-5-19(14-32-23)33-20-8-11-35(15-20)10-3-9-28/h4-7,12,14,18,20,26,33-34H,3,8-11,13,15-16H2,1-2H3. The van der Waals surface area contributed by atoms with Crippen LogP contribution in [-0.4, -0.2) is 70.9 Å². The Hall–Kier alpha value is -2.65. The summed E-state index contributed by atoms with van der Waals surface area (Å²) >= 11 is 0. The van der Waals surface area contributed by atoms with E-state index in [-0.39, 0.29) is 18.8 Å². The van der Waals surface area contributed by atoms with E-state index in [1.54, 1.807) is 6.20 Å². The van der Waals surface area contributed by atoms with Crippen LogP contribution in [0.3, 0.4) is 0 Å². The molecule has 1 saturated heterocycles. The molecule has 0 radical (unpaired) electrons. The number of aryl methyl sites for hydroxylation is 1. The minimum absolute atomic E-state index is 0.247. The molecule has 0 bridgehead atoms. The normalized spacial score (nSPS) is 23.3. The lowest BCUT2D eigenvalue weighted by atomic mass is 9.90. The van der Waals surface area contributed by atoms with Crippen LogP contribution in [0, 0.1) is 6.92 Å². The molecule has 4 heterocycles. The van der Waals surface area contributed by atoms with Crippen molar-refractivity contribution in [2.45, 2.75) is 57.4 Å². The molecule has 5 rings (SSSR count). The van der Waals surface area contributed by atoms with Crippen LogP contribution in [-0.2, 0) is 6.42 Å². The van der Waals surface area contributed by atoms with Crippen molar-refractivity contribution in [1.82, 2.24) is 19.8 Å². The quantitative estimate of drug-likeness (QED) is 0.411. The molecule has 3 atom stereocenters. The molecule has 5 nitrogen and oxygen atoms in total. The average molecular weight is 504 g/mol. The van der Waals surface area contributed by atoms with Crippen LogP contribution in [0.2, 0.25) is 0 Å². The number of nitrogens with zero attached hydrogens (tertiary/aromatic N) is 3. The predicted octanol–water partition coefficient (Wildman–Crippen LogP) is 5.62. The van der Waals surface area contributed by atoms with Crippen molar-refractivity contribution in [2.24, 2.45) is 0 Å². The minimum Gasteiger partial charge on any atom is -0.380 e. The van der Waals surface area contributed by atoms with E-state index in [1.807, 2.05) is 38.1 Å². The summed E-state index contributed by atoms with van der Waals surface area (Å²) < 4.78 is 53.4. The molecule has 9 heteroatoms. The highest BCUT2D eigenvalue weighted by atomic mass is 19.4. The van der Waals surface area contributed by atoms with Crippen molar-refractivity contribution in [1.29, 1.82) is 0 Å². The van der Waals surface area contributed by atoms with Crippen LogP contribution >= 0.6 is 0 Å². The zero-order valence-corrected chi connectivity index (χ0v) is 20.7. The van der Waals surface area contributed by atoms with Crippen molar-refractivity contribution in [2.75, 3.05) is 38.2 Å². The van der Waals surface area contributed by atoms with Gasteiger partial charge in [-0.1, -0.05) is 12.1 Å². The second-order valence-corrected chi connectivity index (χ2v) is 10.3. The van der Waals surface area contributed by atoms with E-state index in [0.717, 1.165) is 59.5 Å². The number of halogens is 4. The summed E-state index contributed by atoms with van der Waals surface area (Å²) in [5.41, 5.74) is 5.35. The molecule has 3 aromatic rings. The van der Waals surface area contributed by atoms with E-state index in [1.165, 1.54) is 4.90 Å². The Morgan fingerprint density at radius 3 is 2.75 bits per heavy atom. The summed E-state index contributed by atoms with van der Waals surface area (Å²) in [5.74, 6) is 0. The molecule has 0 amide bonds. The average Bonchev–Trinajstić information content (AvgIpc) is 3.41. The number of aromatic nitrogens is 2. The Balaban J connectivity index is 1.43. The Morgan fingerprint density at radius 1 is 1.19 bits per heavy atom. The number of hydrogen-bond acceptors (Lipinski definition) is 4. The first-order valence-corrected chi connectivity index (χ1v) is 12.7. The first-order valence-electron chi connectivity index (χ1n) is 12.7. The van der Waals surface area contributed by atoms with Crippen molar-refractivity contribution in [3.8, 4) is 0 Å². The third-order valence-electron chi connectivity index (χ3n) is 7.44. The van der Waals surface area contributed by atoms with Crippen molar-refractivity contribution >= 4 is 16.6 Å². The molecule has 2 aliphatic rings. The lowest BCUT2D eigenvalue weighted by Gasteiger charge is -2.40. The number of alkyl halides is 4. The van der Waals surface area contributed by atoms with Gasteiger partial charge in [0, 0.05) is 48.3 Å². The fourth-order valence-electron chi connectivity index (χ4n) is 5.77. The molecule has 1 aromatic carbocycles. The number of aromatic amines is 1. The van der Waals surface area contributed by atoms with Crippen LogP contribution in [0.4, 0.5) is 23.2 Å². The van der Waals surface area contributed by atoms with Gasteiger partial charge in [0.1, 0.15) is 0 Å². The maximum atomic E-state index is 13.6. The number of rotatable bonds is 7. The van der Waals surface area contributed by atoms with E-state index >= 15 is 0 Å². The molecule has 0 saturated carbocycles. The molecule has 2 aliphatic heterocycles. The number of pyridine rings is 1. The maximum absolute atomic E-state index is 13.6. The third kappa shape index (κ3) is 5.22. The Bertz CT molecular complexity index is 1190. The first-order chi connectivity index (χ1) is 17.2. The molecule has 3 unspecified atom stereocenters. The zero-order chi connectivity index (χ0) is 25.4. The summed E-state index contributed by atoms with van der Waals surface area (Å²) in [6.07, 6.45) is -0.537. The number of anilines is 1. The second-order valence-electron chi connectivity index (χ2n) is 10.3. The summed E-state index contributed by atoms with van der Waals surface area (Å²) in [6.45, 7) is 5.10. The van der Waals surface area contributed by atoms with Gasteiger partial charge in [0.2, 0.25) is 0 Å². The maximum Gasteiger partial charge on any atom is 0.401 e. The van der Waals surface area contributed by atoms with Gasteiger partial charge in [-0.3, -0.25) is 14.3 Å². The first kappa shape index (κ1) is 25.0. The fraction of sp³-hybridized carbons (Fsp3) is 0.519. The van der Waals surface area contributed by atoms with Gasteiger partial charge in [-0.2, -0.15) is 13.2 Å². The van der Waals surface area contributed by atoms with Crippen LogP contribution in [0.15, 0.2) is 36.5 Å². The van der Waals surface area contributed by atoms with Crippen LogP contribution in [0.5, 0.6) is 0 Å². The highest BCUT2D eigenvalue weighted by Crippen LogP contribution is 2.41. The van der Waals surface area contributed by atoms with Crippen LogP contribution in [0.1, 0.15) is 48.3 Å². The number of fused-ring (bicyclic) bond motifs is 3. The van der Waals surface area contributed by atoms with E-state index in [2.05, 4.69) is 26.3 Å². The highest BCUT2D eigenvalue weighted by Gasteiger charge is 2.42. The monoisotopic (exact) mass is 503 g/mol. The Kier molecular flexibility index (Phi) is 6.96. The fourth-order valence-corrected chi connectivity index (χ4v) is 5.77. The molecule has 0 aliphatic carbocycles. The number of likely N-dealkylation sites (tertiary alicyclic amines) is 1. The van der Waals surface area contributed by atoms with Gasteiger partial charge in [-0.25, -0.2) is 0 Å². The zero-order valence-electron chi connectivity index (χ0n) is 20.7. The molecular formula is C27H33F4N5. The largest absolute Gasteiger partial charge is 0.401 e. The molecule has 2 aromatic heterocycles. The van der Waals surface area contributed by atoms with Gasteiger partial charge in [0.25, 0.3) is 0 Å². The number of nitrogens with one attached hydrogen (secondary N) is 2. The van der Waals surface area contributed by atoms with Crippen molar-refractivity contribution < 1.29 is 17.6 Å². The molecular weight excluding hydrogens is 470 g/mol. The second kappa shape index (κ2) is 10.0. The Labute approximate surface area is 208 Å². The molecule has 36 heavy (non-hydrogen) atoms. The van der Waals surface area contributed by atoms with E-state index in [4.69, 9.17) is 0 Å². The minimum atomic E-state index is -4.31. The number of hydrogen-bond donors (Lipinski definition) is 2. The van der Waals surface area contributed by atoms with E-state index in [0.29, 0.717) is 18.5 Å². The van der Waals surface area contributed by atoms with Crippen molar-refractivity contribution in [3.63, 3.8) is 0 Å². The SMILES string of the molecule is Cc1ccc2c3c([nH]c2c1)C(c1ccc(NC2CCN(CCCF)C2)cn1)N(CC(F)(F)F)C(C)C3. The predicted molar refractivity (Wildman–Crippen MR) is 134 cm³/mol. The van der Waals surface area contributed by atoms with E-state index < -0.39 is 18.8 Å². The summed E-state index contributed by atoms with van der Waals surface area (Å²) in [5, 5.41) is 4.55. The van der Waals surface area contributed by atoms with Gasteiger partial charge in [-0.05, 0) is 62.4 Å². The van der Waals surface area contributed by atoms with E-state index in [9.17, 15) is 17.6 Å². The lowest BCUT2D eigenvalue weighted by molar-refractivity contribution is -0.155. The molecule has 1 fully saturated rings. The van der Waals surface area contributed by atoms with Gasteiger partial charge in [-0.15, -0.1) is 0 Å².